The molecule has 0 aliphatic carbocycles. The van der Waals surface area contributed by atoms with E-state index in [1.54, 1.807) is 13.0 Å². The van der Waals surface area contributed by atoms with E-state index in [-0.39, 0.29) is 13.2 Å². The fourth-order valence-electron chi connectivity index (χ4n) is 1.95. The molecule has 0 unspecified atom stereocenters. The molecule has 1 aliphatic rings. The number of carbonyl (C=O) groups excluding carboxylic acids is 1. The zero-order chi connectivity index (χ0) is 15.5. The minimum absolute atomic E-state index is 0.232. The molecule has 0 atom stereocenters. The topological polar surface area (TPSA) is 54.7 Å². The Labute approximate surface area is 120 Å². The van der Waals surface area contributed by atoms with Gasteiger partial charge in [-0.15, -0.1) is 0 Å². The first-order valence-corrected chi connectivity index (χ1v) is 6.49. The number of nitrogens with one attached hydrogen (secondary N) is 1. The Morgan fingerprint density at radius 1 is 1.52 bits per heavy atom. The number of rotatable bonds is 6. The van der Waals surface area contributed by atoms with E-state index >= 15 is 0 Å². The average Bonchev–Trinajstić information content (AvgIpc) is 2.84. The lowest BCUT2D eigenvalue weighted by Crippen LogP contribution is -2.59. The van der Waals surface area contributed by atoms with E-state index in [4.69, 9.17) is 9.15 Å². The van der Waals surface area contributed by atoms with Crippen molar-refractivity contribution < 1.29 is 27.1 Å². The van der Waals surface area contributed by atoms with Crippen LogP contribution in [0.25, 0.3) is 0 Å². The normalized spacial score (nSPS) is 17.3. The van der Waals surface area contributed by atoms with Gasteiger partial charge >= 0.3 is 6.18 Å². The van der Waals surface area contributed by atoms with Crippen molar-refractivity contribution in [2.75, 3.05) is 26.2 Å². The van der Waals surface area contributed by atoms with Crippen molar-refractivity contribution >= 4 is 5.91 Å². The van der Waals surface area contributed by atoms with Crippen LogP contribution in [0, 0.1) is 0 Å². The highest BCUT2D eigenvalue weighted by atomic mass is 19.4. The van der Waals surface area contributed by atoms with Gasteiger partial charge in [0, 0.05) is 13.1 Å². The second kappa shape index (κ2) is 6.07. The molecular formula is C13H17F3N2O3. The van der Waals surface area contributed by atoms with Crippen LogP contribution in [-0.4, -0.2) is 48.8 Å². The molecule has 1 amide bonds. The van der Waals surface area contributed by atoms with Gasteiger partial charge < -0.3 is 19.4 Å². The van der Waals surface area contributed by atoms with Gasteiger partial charge in [0.25, 0.3) is 0 Å². The Kier molecular flexibility index (Phi) is 4.58. The molecule has 2 heterocycles. The quantitative estimate of drug-likeness (QED) is 0.866. The van der Waals surface area contributed by atoms with Crippen LogP contribution in [0.5, 0.6) is 0 Å². The van der Waals surface area contributed by atoms with E-state index in [9.17, 15) is 18.0 Å². The van der Waals surface area contributed by atoms with Gasteiger partial charge in [-0.05, 0) is 19.1 Å². The van der Waals surface area contributed by atoms with E-state index in [0.29, 0.717) is 23.7 Å². The first-order chi connectivity index (χ1) is 9.77. The van der Waals surface area contributed by atoms with Gasteiger partial charge in [-0.2, -0.15) is 13.2 Å². The maximum Gasteiger partial charge on any atom is 0.406 e. The van der Waals surface area contributed by atoms with Gasteiger partial charge in [-0.3, -0.25) is 4.79 Å². The summed E-state index contributed by atoms with van der Waals surface area (Å²) in [7, 11) is 0. The fraction of sp³-hybridized carbons (Fsp3) is 0.615. The first-order valence-electron chi connectivity index (χ1n) is 6.49. The summed E-state index contributed by atoms with van der Waals surface area (Å²) in [6.07, 6.45) is -3.12. The number of hydrogen-bond donors (Lipinski definition) is 1. The van der Waals surface area contributed by atoms with Crippen molar-refractivity contribution in [2.45, 2.75) is 25.2 Å². The van der Waals surface area contributed by atoms with Gasteiger partial charge in [0.1, 0.15) is 18.9 Å². The highest BCUT2D eigenvalue weighted by Crippen LogP contribution is 2.20. The Balaban J connectivity index is 1.94. The molecule has 21 heavy (non-hydrogen) atoms. The Morgan fingerprint density at radius 2 is 2.24 bits per heavy atom. The zero-order valence-corrected chi connectivity index (χ0v) is 11.6. The van der Waals surface area contributed by atoms with E-state index in [0.717, 1.165) is 0 Å². The van der Waals surface area contributed by atoms with Crippen molar-refractivity contribution in [1.29, 1.82) is 0 Å². The summed E-state index contributed by atoms with van der Waals surface area (Å²) in [6, 6.07) is 3.08. The molecule has 5 nitrogen and oxygen atoms in total. The summed E-state index contributed by atoms with van der Waals surface area (Å²) in [6.45, 7) is 1.02. The van der Waals surface area contributed by atoms with Crippen LogP contribution in [0.2, 0.25) is 0 Å². The second-order valence-electron chi connectivity index (χ2n) is 5.29. The largest absolute Gasteiger partial charge is 0.467 e. The molecule has 1 aliphatic heterocycles. The van der Waals surface area contributed by atoms with E-state index < -0.39 is 24.2 Å². The third-order valence-corrected chi connectivity index (χ3v) is 3.19. The number of carbonyl (C=O) groups is 1. The molecule has 1 N–H and O–H groups in total. The highest BCUT2D eigenvalue weighted by molar-refractivity contribution is 5.77. The molecule has 0 saturated carbocycles. The molecule has 1 fully saturated rings. The zero-order valence-electron chi connectivity index (χ0n) is 11.6. The predicted molar refractivity (Wildman–Crippen MR) is 67.4 cm³/mol. The standard InChI is InChI=1S/C13H17F3N2O3/c1-12(7-17-8-12)21-6-11(19)18(9-13(14,15)16)5-10-3-2-4-20-10/h2-4,17H,5-9H2,1H3. The minimum Gasteiger partial charge on any atom is -0.467 e. The maximum absolute atomic E-state index is 12.6. The average molecular weight is 306 g/mol. The van der Waals surface area contributed by atoms with E-state index in [2.05, 4.69) is 5.32 Å². The lowest BCUT2D eigenvalue weighted by molar-refractivity contribution is -0.170. The van der Waals surface area contributed by atoms with Crippen LogP contribution in [0.1, 0.15) is 12.7 Å². The summed E-state index contributed by atoms with van der Waals surface area (Å²) in [4.78, 5) is 12.7. The number of amides is 1. The Morgan fingerprint density at radius 3 is 2.71 bits per heavy atom. The van der Waals surface area contributed by atoms with Crippen LogP contribution in [0.15, 0.2) is 22.8 Å². The van der Waals surface area contributed by atoms with Crippen molar-refractivity contribution in [3.63, 3.8) is 0 Å². The molecule has 1 aromatic heterocycles. The summed E-state index contributed by atoms with van der Waals surface area (Å²) in [5.41, 5.74) is -0.482. The van der Waals surface area contributed by atoms with Gasteiger partial charge in [-0.1, -0.05) is 0 Å². The van der Waals surface area contributed by atoms with Crippen LogP contribution in [0.4, 0.5) is 13.2 Å². The van der Waals surface area contributed by atoms with Gasteiger partial charge in [0.15, 0.2) is 0 Å². The van der Waals surface area contributed by atoms with Crippen LogP contribution in [0.3, 0.4) is 0 Å². The Bertz CT molecular complexity index is 470. The molecular weight excluding hydrogens is 289 g/mol. The van der Waals surface area contributed by atoms with Crippen LogP contribution < -0.4 is 5.32 Å². The molecule has 0 spiro atoms. The summed E-state index contributed by atoms with van der Waals surface area (Å²) >= 11 is 0. The van der Waals surface area contributed by atoms with Gasteiger partial charge in [0.05, 0.1) is 18.4 Å². The lowest BCUT2D eigenvalue weighted by atomic mass is 10.0. The smallest absolute Gasteiger partial charge is 0.406 e. The molecule has 118 valence electrons. The van der Waals surface area contributed by atoms with E-state index in [1.165, 1.54) is 12.3 Å². The lowest BCUT2D eigenvalue weighted by Gasteiger charge is -2.39. The maximum atomic E-state index is 12.6. The van der Waals surface area contributed by atoms with Crippen LogP contribution >= 0.6 is 0 Å². The first kappa shape index (κ1) is 15.8. The van der Waals surface area contributed by atoms with Crippen molar-refractivity contribution in [3.05, 3.63) is 24.2 Å². The van der Waals surface area contributed by atoms with E-state index in [1.807, 2.05) is 0 Å². The molecule has 0 aromatic carbocycles. The van der Waals surface area contributed by atoms with Crippen LogP contribution in [-0.2, 0) is 16.1 Å². The van der Waals surface area contributed by atoms with Gasteiger partial charge in [0.2, 0.25) is 5.91 Å². The number of furan rings is 1. The number of nitrogens with zero attached hydrogens (tertiary/aromatic N) is 1. The molecule has 2 rings (SSSR count). The summed E-state index contributed by atoms with van der Waals surface area (Å²) in [5, 5.41) is 2.98. The molecule has 1 aromatic rings. The summed E-state index contributed by atoms with van der Waals surface area (Å²) in [5.74, 6) is -0.416. The number of hydrogen-bond acceptors (Lipinski definition) is 4. The minimum atomic E-state index is -4.47. The number of ether oxygens (including phenoxy) is 1. The third kappa shape index (κ3) is 4.75. The predicted octanol–water partition coefficient (Wildman–Crippen LogP) is 1.55. The van der Waals surface area contributed by atoms with Gasteiger partial charge in [-0.25, -0.2) is 0 Å². The molecule has 8 heteroatoms. The SMILES string of the molecule is CC1(OCC(=O)N(Cc2ccco2)CC(F)(F)F)CNC1. The molecule has 0 radical (unpaired) electrons. The number of halogens is 3. The summed E-state index contributed by atoms with van der Waals surface area (Å²) < 4.78 is 48.1. The fourth-order valence-corrected chi connectivity index (χ4v) is 1.95. The van der Waals surface area contributed by atoms with Crippen molar-refractivity contribution in [2.24, 2.45) is 0 Å². The van der Waals surface area contributed by atoms with Crippen molar-refractivity contribution in [3.8, 4) is 0 Å². The monoisotopic (exact) mass is 306 g/mol. The van der Waals surface area contributed by atoms with Crippen molar-refractivity contribution in [1.82, 2.24) is 10.2 Å². The second-order valence-corrected chi connectivity index (χ2v) is 5.29. The molecule has 0 bridgehead atoms. The highest BCUT2D eigenvalue weighted by Gasteiger charge is 2.36. The Hall–Kier alpha value is -1.54. The third-order valence-electron chi connectivity index (χ3n) is 3.19. The molecule has 1 saturated heterocycles. The number of alkyl halides is 3.